The smallest absolute Gasteiger partial charge is 0.291 e. The van der Waals surface area contributed by atoms with Crippen molar-refractivity contribution in [1.29, 1.82) is 0 Å². The molecule has 1 amide bonds. The zero-order chi connectivity index (χ0) is 10.7. The largest absolute Gasteiger partial charge is 0.360 e. The predicted molar refractivity (Wildman–Crippen MR) is 48.8 cm³/mol. The van der Waals surface area contributed by atoms with E-state index in [0.29, 0.717) is 11.6 Å². The lowest BCUT2D eigenvalue weighted by Crippen LogP contribution is -2.23. The van der Waals surface area contributed by atoms with Gasteiger partial charge in [-0.2, -0.15) is 0 Å². The first-order valence-electron chi connectivity index (χ1n) is 4.32. The molecule has 0 aliphatic carbocycles. The third-order valence-corrected chi connectivity index (χ3v) is 1.71. The molecule has 15 heavy (non-hydrogen) atoms. The lowest BCUT2D eigenvalue weighted by atomic mass is 10.4. The lowest BCUT2D eigenvalue weighted by molar-refractivity contribution is 0.0937. The van der Waals surface area contributed by atoms with Gasteiger partial charge in [0.05, 0.1) is 12.7 Å². The molecule has 2 N–H and O–H groups in total. The Morgan fingerprint density at radius 2 is 2.53 bits per heavy atom. The van der Waals surface area contributed by atoms with Crippen LogP contribution in [-0.2, 0) is 6.54 Å². The summed E-state index contributed by atoms with van der Waals surface area (Å²) in [6.45, 7) is 1.99. The maximum Gasteiger partial charge on any atom is 0.291 e. The van der Waals surface area contributed by atoms with Crippen molar-refractivity contribution in [2.24, 2.45) is 0 Å². The molecule has 7 nitrogen and oxygen atoms in total. The van der Waals surface area contributed by atoms with Gasteiger partial charge in [-0.1, -0.05) is 5.16 Å². The van der Waals surface area contributed by atoms with Crippen LogP contribution < -0.4 is 5.32 Å². The van der Waals surface area contributed by atoms with Crippen molar-refractivity contribution in [1.82, 2.24) is 25.7 Å². The number of rotatable bonds is 3. The summed E-state index contributed by atoms with van der Waals surface area (Å²) >= 11 is 0. The fraction of sp³-hybridized carbons (Fsp3) is 0.250. The molecule has 0 unspecified atom stereocenters. The van der Waals surface area contributed by atoms with E-state index in [2.05, 4.69) is 25.7 Å². The fourth-order valence-electron chi connectivity index (χ4n) is 1.02. The van der Waals surface area contributed by atoms with Crippen molar-refractivity contribution < 1.29 is 9.32 Å². The van der Waals surface area contributed by atoms with Gasteiger partial charge in [-0.15, -0.1) is 5.10 Å². The van der Waals surface area contributed by atoms with E-state index in [1.54, 1.807) is 13.0 Å². The lowest BCUT2D eigenvalue weighted by Gasteiger charge is -1.97. The van der Waals surface area contributed by atoms with E-state index >= 15 is 0 Å². The highest BCUT2D eigenvalue weighted by atomic mass is 16.5. The van der Waals surface area contributed by atoms with Crippen LogP contribution in [0.5, 0.6) is 0 Å². The number of nitrogens with zero attached hydrogens (tertiary/aromatic N) is 3. The normalized spacial score (nSPS) is 10.2. The Hall–Kier alpha value is -2.18. The molecule has 0 saturated carbocycles. The van der Waals surface area contributed by atoms with Gasteiger partial charge in [-0.3, -0.25) is 9.89 Å². The number of carbonyl (C=O) groups is 1. The van der Waals surface area contributed by atoms with Gasteiger partial charge in [-0.25, -0.2) is 4.98 Å². The molecule has 0 aliphatic heterocycles. The fourth-order valence-corrected chi connectivity index (χ4v) is 1.02. The highest BCUT2D eigenvalue weighted by Crippen LogP contribution is 1.96. The Labute approximate surface area is 84.9 Å². The number of hydrogen-bond acceptors (Lipinski definition) is 5. The second-order valence-corrected chi connectivity index (χ2v) is 2.91. The van der Waals surface area contributed by atoms with Crippen molar-refractivity contribution >= 4 is 5.91 Å². The van der Waals surface area contributed by atoms with E-state index in [1.807, 2.05) is 0 Å². The molecule has 78 valence electrons. The van der Waals surface area contributed by atoms with E-state index in [0.717, 1.165) is 0 Å². The molecule has 0 fully saturated rings. The molecule has 0 atom stereocenters. The van der Waals surface area contributed by atoms with Crippen molar-refractivity contribution in [3.63, 3.8) is 0 Å². The van der Waals surface area contributed by atoms with Crippen LogP contribution >= 0.6 is 0 Å². The number of nitrogens with one attached hydrogen (secondary N) is 2. The summed E-state index contributed by atoms with van der Waals surface area (Å²) in [5.41, 5.74) is 0. The maximum atomic E-state index is 11.4. The van der Waals surface area contributed by atoms with Gasteiger partial charge in [0, 0.05) is 6.07 Å². The Kier molecular flexibility index (Phi) is 2.44. The monoisotopic (exact) mass is 207 g/mol. The molecular weight excluding hydrogens is 198 g/mol. The number of H-pyrrole nitrogens is 1. The van der Waals surface area contributed by atoms with Crippen molar-refractivity contribution in [3.05, 3.63) is 29.7 Å². The second kappa shape index (κ2) is 3.91. The average Bonchev–Trinajstić information content (AvgIpc) is 2.84. The van der Waals surface area contributed by atoms with Crippen LogP contribution in [0.4, 0.5) is 0 Å². The number of aromatic amines is 1. The van der Waals surface area contributed by atoms with Crippen LogP contribution in [0.3, 0.4) is 0 Å². The van der Waals surface area contributed by atoms with Crippen LogP contribution in [0.15, 0.2) is 16.8 Å². The maximum absolute atomic E-state index is 11.4. The molecule has 0 aromatic carbocycles. The zero-order valence-corrected chi connectivity index (χ0v) is 8.02. The van der Waals surface area contributed by atoms with Gasteiger partial charge in [0.2, 0.25) is 5.82 Å². The molecule has 2 rings (SSSR count). The highest BCUT2D eigenvalue weighted by molar-refractivity contribution is 5.90. The standard InChI is InChI=1S/C8H9N5O2/c1-5-11-7(13-12-5)8(14)9-4-6-2-3-10-15-6/h2-3H,4H2,1H3,(H,9,14)(H,11,12,13). The summed E-state index contributed by atoms with van der Waals surface area (Å²) < 4.78 is 4.81. The van der Waals surface area contributed by atoms with Gasteiger partial charge >= 0.3 is 0 Å². The van der Waals surface area contributed by atoms with Crippen LogP contribution in [0.25, 0.3) is 0 Å². The molecule has 0 radical (unpaired) electrons. The van der Waals surface area contributed by atoms with E-state index in [-0.39, 0.29) is 18.3 Å². The molecule has 2 aromatic heterocycles. The third-order valence-electron chi connectivity index (χ3n) is 1.71. The minimum atomic E-state index is -0.351. The van der Waals surface area contributed by atoms with E-state index in [9.17, 15) is 4.79 Å². The minimum absolute atomic E-state index is 0.118. The van der Waals surface area contributed by atoms with E-state index in [1.165, 1.54) is 6.20 Å². The van der Waals surface area contributed by atoms with Crippen molar-refractivity contribution in [3.8, 4) is 0 Å². The van der Waals surface area contributed by atoms with Crippen molar-refractivity contribution in [2.75, 3.05) is 0 Å². The highest BCUT2D eigenvalue weighted by Gasteiger charge is 2.10. The molecule has 0 spiro atoms. The van der Waals surface area contributed by atoms with Crippen LogP contribution in [0.2, 0.25) is 0 Å². The first kappa shape index (κ1) is 9.38. The summed E-state index contributed by atoms with van der Waals surface area (Å²) in [5, 5.41) is 12.4. The third kappa shape index (κ3) is 2.19. The van der Waals surface area contributed by atoms with Gasteiger partial charge in [0.15, 0.2) is 5.76 Å². The van der Waals surface area contributed by atoms with Gasteiger partial charge in [0.1, 0.15) is 5.82 Å². The summed E-state index contributed by atoms with van der Waals surface area (Å²) in [7, 11) is 0. The van der Waals surface area contributed by atoms with Gasteiger partial charge in [-0.05, 0) is 6.92 Å². The van der Waals surface area contributed by atoms with Crippen LogP contribution in [0, 0.1) is 6.92 Å². The van der Waals surface area contributed by atoms with E-state index in [4.69, 9.17) is 4.52 Å². The number of hydrogen-bond donors (Lipinski definition) is 2. The number of aryl methyl sites for hydroxylation is 1. The second-order valence-electron chi connectivity index (χ2n) is 2.91. The first-order chi connectivity index (χ1) is 7.25. The molecule has 2 aromatic rings. The number of amides is 1. The van der Waals surface area contributed by atoms with Gasteiger partial charge in [0.25, 0.3) is 5.91 Å². The Balaban J connectivity index is 1.93. The molecule has 2 heterocycles. The summed E-state index contributed by atoms with van der Waals surface area (Å²) in [4.78, 5) is 15.3. The van der Waals surface area contributed by atoms with E-state index < -0.39 is 0 Å². The first-order valence-corrected chi connectivity index (χ1v) is 4.32. The average molecular weight is 207 g/mol. The Bertz CT molecular complexity index is 447. The SMILES string of the molecule is Cc1nc(C(=O)NCc2ccno2)n[nH]1. The van der Waals surface area contributed by atoms with Gasteiger partial charge < -0.3 is 9.84 Å². The molecule has 7 heteroatoms. The van der Waals surface area contributed by atoms with Crippen LogP contribution in [0.1, 0.15) is 22.2 Å². The molecule has 0 bridgehead atoms. The molecular formula is C8H9N5O2. The topological polar surface area (TPSA) is 96.7 Å². The summed E-state index contributed by atoms with van der Waals surface area (Å²) in [6, 6.07) is 1.67. The minimum Gasteiger partial charge on any atom is -0.360 e. The molecule has 0 aliphatic rings. The summed E-state index contributed by atoms with van der Waals surface area (Å²) in [6.07, 6.45) is 1.51. The molecule has 0 saturated heterocycles. The Morgan fingerprint density at radius 3 is 3.13 bits per heavy atom. The number of carbonyl (C=O) groups excluding carboxylic acids is 1. The number of aromatic nitrogens is 4. The Morgan fingerprint density at radius 1 is 1.67 bits per heavy atom. The predicted octanol–water partition coefficient (Wildman–Crippen LogP) is 0.0311. The van der Waals surface area contributed by atoms with Crippen molar-refractivity contribution in [2.45, 2.75) is 13.5 Å². The summed E-state index contributed by atoms with van der Waals surface area (Å²) in [5.74, 6) is 0.943. The van der Waals surface area contributed by atoms with Crippen LogP contribution in [-0.4, -0.2) is 26.2 Å². The quantitative estimate of drug-likeness (QED) is 0.740. The zero-order valence-electron chi connectivity index (χ0n) is 8.02.